The Labute approximate surface area is 101 Å². The van der Waals surface area contributed by atoms with E-state index in [1.807, 2.05) is 0 Å². The van der Waals surface area contributed by atoms with E-state index < -0.39 is 0 Å². The highest BCUT2D eigenvalue weighted by Crippen LogP contribution is 2.30. The molecule has 4 unspecified atom stereocenters. The Hall–Kier alpha value is -0.0800. The Morgan fingerprint density at radius 1 is 1.06 bits per heavy atom. The van der Waals surface area contributed by atoms with Crippen molar-refractivity contribution in [2.45, 2.75) is 58.5 Å². The van der Waals surface area contributed by atoms with Gasteiger partial charge in [-0.25, -0.2) is 0 Å². The van der Waals surface area contributed by atoms with Crippen LogP contribution in [0.15, 0.2) is 0 Å². The van der Waals surface area contributed by atoms with Crippen LogP contribution in [0.1, 0.15) is 46.5 Å². The summed E-state index contributed by atoms with van der Waals surface area (Å²) in [5.41, 5.74) is 0. The Bertz CT molecular complexity index is 217. The normalized spacial score (nSPS) is 42.9. The van der Waals surface area contributed by atoms with E-state index in [1.165, 1.54) is 45.3 Å². The van der Waals surface area contributed by atoms with Gasteiger partial charge in [0.2, 0.25) is 0 Å². The molecule has 94 valence electrons. The fraction of sp³-hybridized carbons (Fsp3) is 1.00. The summed E-state index contributed by atoms with van der Waals surface area (Å²) in [6, 6.07) is 1.58. The van der Waals surface area contributed by atoms with Crippen molar-refractivity contribution < 1.29 is 0 Å². The van der Waals surface area contributed by atoms with E-state index in [4.69, 9.17) is 0 Å². The molecule has 0 aromatic heterocycles. The summed E-state index contributed by atoms with van der Waals surface area (Å²) in [6.07, 6.45) is 5.65. The minimum absolute atomic E-state index is 0.696. The van der Waals surface area contributed by atoms with Gasteiger partial charge in [0.25, 0.3) is 0 Å². The summed E-state index contributed by atoms with van der Waals surface area (Å²) in [5, 5.41) is 3.63. The highest BCUT2D eigenvalue weighted by molar-refractivity contribution is 4.85. The van der Waals surface area contributed by atoms with Gasteiger partial charge in [0.05, 0.1) is 0 Å². The van der Waals surface area contributed by atoms with Gasteiger partial charge in [0.1, 0.15) is 0 Å². The van der Waals surface area contributed by atoms with Crippen LogP contribution in [0, 0.1) is 11.8 Å². The molecule has 0 amide bonds. The largest absolute Gasteiger partial charge is 0.314 e. The van der Waals surface area contributed by atoms with Crippen LogP contribution in [0.25, 0.3) is 0 Å². The standard InChI is InChI=1S/C14H28N2/c1-11-9-15-13(3)7-8-16(10-11)14-6-4-5-12(14)2/h11-15H,4-10H2,1-3H3. The predicted molar refractivity (Wildman–Crippen MR) is 69.6 cm³/mol. The summed E-state index contributed by atoms with van der Waals surface area (Å²) >= 11 is 0. The second kappa shape index (κ2) is 5.50. The molecule has 16 heavy (non-hydrogen) atoms. The predicted octanol–water partition coefficient (Wildman–Crippen LogP) is 2.49. The second-order valence-corrected chi connectivity index (χ2v) is 6.17. The van der Waals surface area contributed by atoms with Crippen LogP contribution < -0.4 is 5.32 Å². The molecule has 1 N–H and O–H groups in total. The molecule has 1 heterocycles. The molecule has 0 radical (unpaired) electrons. The molecular weight excluding hydrogens is 196 g/mol. The maximum Gasteiger partial charge on any atom is 0.0121 e. The summed E-state index contributed by atoms with van der Waals surface area (Å²) < 4.78 is 0. The van der Waals surface area contributed by atoms with Gasteiger partial charge in [0, 0.05) is 18.6 Å². The van der Waals surface area contributed by atoms with Crippen LogP contribution in [0.5, 0.6) is 0 Å². The van der Waals surface area contributed by atoms with Gasteiger partial charge in [-0.2, -0.15) is 0 Å². The van der Waals surface area contributed by atoms with Gasteiger partial charge in [0.15, 0.2) is 0 Å². The zero-order chi connectivity index (χ0) is 11.5. The van der Waals surface area contributed by atoms with Crippen LogP contribution in [0.4, 0.5) is 0 Å². The van der Waals surface area contributed by atoms with E-state index >= 15 is 0 Å². The lowest BCUT2D eigenvalue weighted by Gasteiger charge is -2.37. The van der Waals surface area contributed by atoms with Gasteiger partial charge in [-0.05, 0) is 51.1 Å². The van der Waals surface area contributed by atoms with Crippen molar-refractivity contribution in [3.63, 3.8) is 0 Å². The summed E-state index contributed by atoms with van der Waals surface area (Å²) in [7, 11) is 0. The van der Waals surface area contributed by atoms with E-state index in [0.717, 1.165) is 17.9 Å². The van der Waals surface area contributed by atoms with Gasteiger partial charge in [-0.3, -0.25) is 4.90 Å². The lowest BCUT2D eigenvalue weighted by molar-refractivity contribution is 0.126. The quantitative estimate of drug-likeness (QED) is 0.736. The molecule has 0 aromatic carbocycles. The van der Waals surface area contributed by atoms with E-state index in [9.17, 15) is 0 Å². The number of nitrogens with zero attached hydrogens (tertiary/aromatic N) is 1. The Morgan fingerprint density at radius 3 is 2.56 bits per heavy atom. The van der Waals surface area contributed by atoms with Gasteiger partial charge >= 0.3 is 0 Å². The zero-order valence-electron chi connectivity index (χ0n) is 11.2. The van der Waals surface area contributed by atoms with Crippen LogP contribution in [-0.4, -0.2) is 36.6 Å². The molecule has 2 rings (SSSR count). The SMILES string of the molecule is CC1CNC(C)CCN(C2CCCC2C)C1. The highest BCUT2D eigenvalue weighted by atomic mass is 15.2. The average molecular weight is 224 g/mol. The lowest BCUT2D eigenvalue weighted by Crippen LogP contribution is -2.47. The molecule has 1 aliphatic heterocycles. The second-order valence-electron chi connectivity index (χ2n) is 6.17. The summed E-state index contributed by atoms with van der Waals surface area (Å²) in [6.45, 7) is 11.0. The van der Waals surface area contributed by atoms with Crippen molar-refractivity contribution in [2.75, 3.05) is 19.6 Å². The van der Waals surface area contributed by atoms with E-state index in [0.29, 0.717) is 6.04 Å². The van der Waals surface area contributed by atoms with Crippen molar-refractivity contribution in [3.05, 3.63) is 0 Å². The molecule has 1 saturated heterocycles. The smallest absolute Gasteiger partial charge is 0.0121 e. The van der Waals surface area contributed by atoms with E-state index in [1.54, 1.807) is 0 Å². The van der Waals surface area contributed by atoms with Crippen molar-refractivity contribution in [1.29, 1.82) is 0 Å². The average Bonchev–Trinajstić information content (AvgIpc) is 2.65. The number of nitrogens with one attached hydrogen (secondary N) is 1. The third-order valence-corrected chi connectivity index (χ3v) is 4.50. The molecule has 0 spiro atoms. The first kappa shape index (κ1) is 12.4. The van der Waals surface area contributed by atoms with Crippen LogP contribution in [0.3, 0.4) is 0 Å². The van der Waals surface area contributed by atoms with Crippen molar-refractivity contribution >= 4 is 0 Å². The maximum absolute atomic E-state index is 3.63. The fourth-order valence-corrected chi connectivity index (χ4v) is 3.39. The number of hydrogen-bond donors (Lipinski definition) is 1. The van der Waals surface area contributed by atoms with Crippen molar-refractivity contribution in [2.24, 2.45) is 11.8 Å². The van der Waals surface area contributed by atoms with E-state index in [2.05, 4.69) is 31.0 Å². The molecule has 2 heteroatoms. The minimum Gasteiger partial charge on any atom is -0.314 e. The summed E-state index contributed by atoms with van der Waals surface area (Å²) in [4.78, 5) is 2.79. The molecule has 2 nitrogen and oxygen atoms in total. The molecule has 1 aliphatic carbocycles. The first-order chi connectivity index (χ1) is 7.66. The maximum atomic E-state index is 3.63. The van der Waals surface area contributed by atoms with Crippen molar-refractivity contribution in [1.82, 2.24) is 10.2 Å². The Morgan fingerprint density at radius 2 is 1.88 bits per heavy atom. The topological polar surface area (TPSA) is 15.3 Å². The molecule has 4 atom stereocenters. The van der Waals surface area contributed by atoms with Gasteiger partial charge in [-0.1, -0.05) is 20.3 Å². The lowest BCUT2D eigenvalue weighted by atomic mass is 10.00. The van der Waals surface area contributed by atoms with Crippen LogP contribution in [-0.2, 0) is 0 Å². The first-order valence-electron chi connectivity index (χ1n) is 7.14. The Balaban J connectivity index is 1.95. The minimum atomic E-state index is 0.696. The Kier molecular flexibility index (Phi) is 4.26. The molecule has 2 fully saturated rings. The zero-order valence-corrected chi connectivity index (χ0v) is 11.2. The van der Waals surface area contributed by atoms with Crippen LogP contribution in [0.2, 0.25) is 0 Å². The van der Waals surface area contributed by atoms with Crippen LogP contribution >= 0.6 is 0 Å². The fourth-order valence-electron chi connectivity index (χ4n) is 3.39. The molecule has 2 aliphatic rings. The molecular formula is C14H28N2. The third-order valence-electron chi connectivity index (χ3n) is 4.50. The third kappa shape index (κ3) is 2.98. The van der Waals surface area contributed by atoms with E-state index in [-0.39, 0.29) is 0 Å². The molecule has 1 saturated carbocycles. The number of rotatable bonds is 1. The van der Waals surface area contributed by atoms with Gasteiger partial charge in [-0.15, -0.1) is 0 Å². The monoisotopic (exact) mass is 224 g/mol. The molecule has 0 aromatic rings. The van der Waals surface area contributed by atoms with Crippen molar-refractivity contribution in [3.8, 4) is 0 Å². The summed E-state index contributed by atoms with van der Waals surface area (Å²) in [5.74, 6) is 1.73. The highest BCUT2D eigenvalue weighted by Gasteiger charge is 2.30. The number of hydrogen-bond acceptors (Lipinski definition) is 2. The first-order valence-corrected chi connectivity index (χ1v) is 7.14. The molecule has 0 bridgehead atoms. The van der Waals surface area contributed by atoms with Gasteiger partial charge < -0.3 is 5.32 Å².